The van der Waals surface area contributed by atoms with Crippen LogP contribution < -0.4 is 10.6 Å². The summed E-state index contributed by atoms with van der Waals surface area (Å²) >= 11 is 6.83. The molecule has 1 aliphatic heterocycles. The van der Waals surface area contributed by atoms with E-state index in [0.29, 0.717) is 10.6 Å². The van der Waals surface area contributed by atoms with Gasteiger partial charge in [0.2, 0.25) is 0 Å². The molecular formula is C16H16N3S2+. The van der Waals surface area contributed by atoms with Crippen LogP contribution in [0.1, 0.15) is 22.3 Å². The first kappa shape index (κ1) is 14.2. The molecule has 21 heavy (non-hydrogen) atoms. The molecule has 3 rings (SSSR count). The Morgan fingerprint density at radius 2 is 2.05 bits per heavy atom. The number of nitrogen functional groups attached to an aromatic ring is 1. The maximum atomic E-state index is 9.30. The van der Waals surface area contributed by atoms with Gasteiger partial charge in [-0.05, 0) is 5.56 Å². The molecule has 5 heteroatoms. The molecule has 1 aliphatic rings. The van der Waals surface area contributed by atoms with E-state index in [1.54, 1.807) is 0 Å². The normalized spacial score (nSPS) is 17.0. The summed E-state index contributed by atoms with van der Waals surface area (Å²) in [6.07, 6.45) is 0.877. The van der Waals surface area contributed by atoms with Gasteiger partial charge in [0.15, 0.2) is 0 Å². The van der Waals surface area contributed by atoms with Crippen LogP contribution in [0.15, 0.2) is 30.3 Å². The fourth-order valence-corrected chi connectivity index (χ4v) is 4.14. The zero-order valence-electron chi connectivity index (χ0n) is 11.6. The van der Waals surface area contributed by atoms with Gasteiger partial charge in [-0.25, -0.2) is 0 Å². The molecule has 1 unspecified atom stereocenters. The molecule has 0 spiro atoms. The summed E-state index contributed by atoms with van der Waals surface area (Å²) in [5.41, 5.74) is 10.1. The lowest BCUT2D eigenvalue weighted by Crippen LogP contribution is -3.10. The Kier molecular flexibility index (Phi) is 4.02. The smallest absolute Gasteiger partial charge is 0.106 e. The van der Waals surface area contributed by atoms with Crippen LogP contribution in [0.5, 0.6) is 0 Å². The summed E-state index contributed by atoms with van der Waals surface area (Å²) in [5, 5.41) is 9.87. The highest BCUT2D eigenvalue weighted by molar-refractivity contribution is 7.73. The van der Waals surface area contributed by atoms with Crippen molar-refractivity contribution in [3.05, 3.63) is 56.4 Å². The number of nitrogens with two attached hydrogens (primary N) is 1. The van der Waals surface area contributed by atoms with E-state index in [2.05, 4.69) is 30.3 Å². The van der Waals surface area contributed by atoms with Crippen molar-refractivity contribution in [2.75, 3.05) is 12.3 Å². The van der Waals surface area contributed by atoms with Gasteiger partial charge in [-0.15, -0.1) is 11.3 Å². The number of nitrogens with zero attached hydrogens (tertiary/aromatic N) is 1. The van der Waals surface area contributed by atoms with Gasteiger partial charge >= 0.3 is 0 Å². The number of anilines is 1. The van der Waals surface area contributed by atoms with E-state index in [4.69, 9.17) is 18.0 Å². The van der Waals surface area contributed by atoms with Gasteiger partial charge in [0.05, 0.1) is 12.1 Å². The molecule has 2 heterocycles. The molecule has 0 fully saturated rings. The highest BCUT2D eigenvalue weighted by atomic mass is 32.1. The molecule has 2 aromatic rings. The van der Waals surface area contributed by atoms with Gasteiger partial charge in [-0.2, -0.15) is 5.26 Å². The fraction of sp³-hybridized carbons (Fsp3) is 0.250. The van der Waals surface area contributed by atoms with Gasteiger partial charge in [0.25, 0.3) is 0 Å². The first-order chi connectivity index (χ1) is 10.2. The summed E-state index contributed by atoms with van der Waals surface area (Å²) in [6, 6.07) is 12.7. The highest BCUT2D eigenvalue weighted by Crippen LogP contribution is 2.28. The zero-order chi connectivity index (χ0) is 14.8. The molecule has 0 saturated heterocycles. The van der Waals surface area contributed by atoms with E-state index in [9.17, 15) is 5.26 Å². The predicted molar refractivity (Wildman–Crippen MR) is 87.7 cm³/mol. The van der Waals surface area contributed by atoms with E-state index in [1.165, 1.54) is 21.8 Å². The van der Waals surface area contributed by atoms with Crippen molar-refractivity contribution in [3.63, 3.8) is 0 Å². The lowest BCUT2D eigenvalue weighted by molar-refractivity contribution is -0.929. The number of hydrogen-bond donors (Lipinski definition) is 2. The van der Waals surface area contributed by atoms with E-state index < -0.39 is 0 Å². The lowest BCUT2D eigenvalue weighted by Gasteiger charge is -2.26. The molecule has 1 aromatic heterocycles. The number of hydrogen-bond acceptors (Lipinski definition) is 4. The molecule has 0 saturated carbocycles. The average Bonchev–Trinajstić information content (AvgIpc) is 2.49. The second kappa shape index (κ2) is 5.94. The average molecular weight is 314 g/mol. The van der Waals surface area contributed by atoms with Gasteiger partial charge in [0, 0.05) is 17.5 Å². The minimum Gasteiger partial charge on any atom is -0.389 e. The van der Waals surface area contributed by atoms with Gasteiger partial charge < -0.3 is 10.6 Å². The molecule has 0 aliphatic carbocycles. The minimum absolute atomic E-state index is 0.563. The van der Waals surface area contributed by atoms with Crippen LogP contribution in [0, 0.1) is 15.2 Å². The quantitative estimate of drug-likeness (QED) is 0.835. The van der Waals surface area contributed by atoms with Crippen molar-refractivity contribution < 1.29 is 4.90 Å². The summed E-state index contributed by atoms with van der Waals surface area (Å²) in [4.78, 5) is 1.49. The first-order valence-electron chi connectivity index (χ1n) is 6.91. The molecule has 1 atom stereocenters. The number of nitrogens with one attached hydrogen (secondary N) is 1. The van der Waals surface area contributed by atoms with Crippen molar-refractivity contribution in [1.82, 2.24) is 0 Å². The SMILES string of the molecule is N#Cc1c(N)sc(=S)c2c1CC[NH+](Cc1ccccc1)C2. The summed E-state index contributed by atoms with van der Waals surface area (Å²) < 4.78 is 0.840. The van der Waals surface area contributed by atoms with E-state index >= 15 is 0 Å². The van der Waals surface area contributed by atoms with Crippen LogP contribution >= 0.6 is 23.6 Å². The molecule has 3 nitrogen and oxygen atoms in total. The van der Waals surface area contributed by atoms with Crippen molar-refractivity contribution in [2.24, 2.45) is 0 Å². The highest BCUT2D eigenvalue weighted by Gasteiger charge is 2.25. The van der Waals surface area contributed by atoms with Crippen LogP contribution in [0.4, 0.5) is 5.00 Å². The molecule has 1 aromatic carbocycles. The van der Waals surface area contributed by atoms with E-state index in [-0.39, 0.29) is 0 Å². The largest absolute Gasteiger partial charge is 0.389 e. The van der Waals surface area contributed by atoms with Crippen LogP contribution in [0.25, 0.3) is 0 Å². The number of nitriles is 1. The molecule has 0 radical (unpaired) electrons. The second-order valence-electron chi connectivity index (χ2n) is 5.29. The molecule has 0 bridgehead atoms. The van der Waals surface area contributed by atoms with Crippen molar-refractivity contribution in [3.8, 4) is 6.07 Å². The number of benzene rings is 1. The van der Waals surface area contributed by atoms with Crippen LogP contribution in [0.2, 0.25) is 0 Å². The Bertz CT molecular complexity index is 760. The third-order valence-corrected chi connectivity index (χ3v) is 5.28. The maximum absolute atomic E-state index is 9.30. The number of rotatable bonds is 2. The lowest BCUT2D eigenvalue weighted by atomic mass is 9.98. The Balaban J connectivity index is 1.90. The fourth-order valence-electron chi connectivity index (χ4n) is 2.89. The summed E-state index contributed by atoms with van der Waals surface area (Å²) in [5.74, 6) is 0. The standard InChI is InChI=1S/C16H15N3S2/c17-8-13-12-6-7-19(9-11-4-2-1-3-5-11)10-14(12)16(20)21-15(13)18/h1-5H,6-7,9-10,18H2/p+1. The minimum atomic E-state index is 0.563. The Hall–Kier alpha value is -1.74. The van der Waals surface area contributed by atoms with Gasteiger partial charge in [-0.3, -0.25) is 0 Å². The monoisotopic (exact) mass is 314 g/mol. The van der Waals surface area contributed by atoms with Crippen LogP contribution in [-0.4, -0.2) is 6.54 Å². The van der Waals surface area contributed by atoms with Crippen molar-refractivity contribution >= 4 is 28.6 Å². The van der Waals surface area contributed by atoms with Crippen molar-refractivity contribution in [1.29, 1.82) is 5.26 Å². The third kappa shape index (κ3) is 2.84. The summed E-state index contributed by atoms with van der Waals surface area (Å²) in [7, 11) is 0. The van der Waals surface area contributed by atoms with E-state index in [1.807, 2.05) is 6.07 Å². The molecule has 106 valence electrons. The van der Waals surface area contributed by atoms with Crippen molar-refractivity contribution in [2.45, 2.75) is 19.5 Å². The van der Waals surface area contributed by atoms with Crippen LogP contribution in [0.3, 0.4) is 0 Å². The first-order valence-corrected chi connectivity index (χ1v) is 8.13. The Labute approximate surface area is 133 Å². The molecular weight excluding hydrogens is 298 g/mol. The van der Waals surface area contributed by atoms with Crippen LogP contribution in [-0.2, 0) is 19.5 Å². The van der Waals surface area contributed by atoms with E-state index in [0.717, 1.165) is 41.0 Å². The second-order valence-corrected chi connectivity index (χ2v) is 7.01. The summed E-state index contributed by atoms with van der Waals surface area (Å²) in [6.45, 7) is 2.89. The van der Waals surface area contributed by atoms with Gasteiger partial charge in [0.1, 0.15) is 28.0 Å². The number of quaternary nitrogens is 1. The molecule has 3 N–H and O–H groups in total. The predicted octanol–water partition coefficient (Wildman–Crippen LogP) is 2.07. The maximum Gasteiger partial charge on any atom is 0.106 e. The Morgan fingerprint density at radius 3 is 2.76 bits per heavy atom. The Morgan fingerprint density at radius 1 is 1.29 bits per heavy atom. The number of fused-ring (bicyclic) bond motifs is 1. The third-order valence-electron chi connectivity index (χ3n) is 3.93. The zero-order valence-corrected chi connectivity index (χ0v) is 13.2. The topological polar surface area (TPSA) is 54.2 Å². The molecule has 0 amide bonds. The van der Waals surface area contributed by atoms with Gasteiger partial charge in [-0.1, -0.05) is 42.5 Å².